The van der Waals surface area contributed by atoms with Crippen molar-refractivity contribution in [2.75, 3.05) is 12.5 Å². The third-order valence-corrected chi connectivity index (χ3v) is 7.67. The second-order valence-corrected chi connectivity index (χ2v) is 10.5. The van der Waals surface area contributed by atoms with Gasteiger partial charge in [-0.15, -0.1) is 0 Å². The van der Waals surface area contributed by atoms with E-state index in [9.17, 15) is 8.94 Å². The Morgan fingerprint density at radius 3 is 2.56 bits per heavy atom. The topological polar surface area (TPSA) is 45.4 Å². The van der Waals surface area contributed by atoms with Gasteiger partial charge in [0.25, 0.3) is 0 Å². The summed E-state index contributed by atoms with van der Waals surface area (Å²) < 4.78 is 38.8. The summed E-state index contributed by atoms with van der Waals surface area (Å²) in [4.78, 5) is 0. The van der Waals surface area contributed by atoms with Crippen LogP contribution in [-0.2, 0) is 17.8 Å². The van der Waals surface area contributed by atoms with Gasteiger partial charge in [0.2, 0.25) is 0 Å². The van der Waals surface area contributed by atoms with Crippen LogP contribution in [0, 0.1) is 5.82 Å². The van der Waals surface area contributed by atoms with Crippen molar-refractivity contribution in [2.45, 2.75) is 46.1 Å². The molecular weight excluding hydrogens is 511 g/mol. The zero-order valence-electron chi connectivity index (χ0n) is 19.0. The Balaban J connectivity index is 0.000000534. The highest BCUT2D eigenvalue weighted by molar-refractivity contribution is 9.10. The fourth-order valence-corrected chi connectivity index (χ4v) is 5.08. The number of ether oxygens (including phenoxy) is 1. The molecule has 0 aliphatic heterocycles. The molecule has 0 fully saturated rings. The molecule has 1 unspecified atom stereocenters. The van der Waals surface area contributed by atoms with Crippen LogP contribution >= 0.6 is 27.7 Å². The number of halogens is 2. The molecule has 1 heterocycles. The molecule has 1 atom stereocenters. The van der Waals surface area contributed by atoms with Crippen LogP contribution in [0.25, 0.3) is 17.0 Å². The smallest absolute Gasteiger partial charge is 0.186 e. The van der Waals surface area contributed by atoms with Crippen LogP contribution in [0.3, 0.4) is 0 Å². The average Bonchev–Trinajstić information content (AvgIpc) is 3.25. The van der Waals surface area contributed by atoms with Gasteiger partial charge < -0.3 is 13.7 Å². The number of rotatable bonds is 9. The summed E-state index contributed by atoms with van der Waals surface area (Å²) in [5.74, 6) is -0.00335. The van der Waals surface area contributed by atoms with E-state index in [1.54, 1.807) is 30.7 Å². The Bertz CT molecular complexity index is 1010. The molecule has 1 aromatic heterocycles. The zero-order valence-corrected chi connectivity index (χ0v) is 22.2. The van der Waals surface area contributed by atoms with Crippen LogP contribution < -0.4 is 4.74 Å². The first-order valence-corrected chi connectivity index (χ1v) is 14.1. The minimum atomic E-state index is -1.19. The van der Waals surface area contributed by atoms with E-state index in [0.29, 0.717) is 15.6 Å². The molecule has 0 saturated heterocycles. The Hall–Kier alpha value is -1.41. The van der Waals surface area contributed by atoms with Crippen LogP contribution in [0.4, 0.5) is 4.39 Å². The van der Waals surface area contributed by atoms with E-state index in [1.807, 2.05) is 24.5 Å². The van der Waals surface area contributed by atoms with Crippen molar-refractivity contribution in [1.29, 1.82) is 0 Å². The average molecular weight is 542 g/mol. The molecule has 3 nitrogen and oxygen atoms in total. The molecule has 0 N–H and O–H groups in total. The summed E-state index contributed by atoms with van der Waals surface area (Å²) in [7, 11) is 0. The highest BCUT2D eigenvalue weighted by Crippen LogP contribution is 2.31. The van der Waals surface area contributed by atoms with E-state index in [0.717, 1.165) is 21.0 Å². The van der Waals surface area contributed by atoms with Crippen LogP contribution in [0.1, 0.15) is 50.7 Å². The number of hydrogen-bond acceptors (Lipinski definition) is 4. The normalized spacial score (nSPS) is 12.4. The van der Waals surface area contributed by atoms with E-state index >= 15 is 0 Å². The number of benzene rings is 2. The second kappa shape index (κ2) is 14.0. The summed E-state index contributed by atoms with van der Waals surface area (Å²) in [5.41, 5.74) is 2.00. The maximum Gasteiger partial charge on any atom is 0.186 e. The van der Waals surface area contributed by atoms with E-state index in [1.165, 1.54) is 43.5 Å². The maximum absolute atomic E-state index is 14.3. The lowest BCUT2D eigenvalue weighted by atomic mass is 10.1. The quantitative estimate of drug-likeness (QED) is 0.201. The number of furan rings is 1. The predicted molar refractivity (Wildman–Crippen MR) is 140 cm³/mol. The molecule has 174 valence electrons. The molecule has 3 aromatic rings. The zero-order chi connectivity index (χ0) is 23.5. The minimum Gasteiger partial charge on any atom is -0.611 e. The molecule has 2 aromatic carbocycles. The summed E-state index contributed by atoms with van der Waals surface area (Å²) in [6.45, 7) is 4.74. The lowest BCUT2D eigenvalue weighted by Gasteiger charge is -2.12. The maximum atomic E-state index is 14.3. The monoisotopic (exact) mass is 540 g/mol. The van der Waals surface area contributed by atoms with E-state index < -0.39 is 17.0 Å². The van der Waals surface area contributed by atoms with Gasteiger partial charge in [0, 0.05) is 11.5 Å². The molecule has 32 heavy (non-hydrogen) atoms. The molecule has 0 aliphatic carbocycles. The van der Waals surface area contributed by atoms with Crippen LogP contribution in [-0.4, -0.2) is 17.1 Å². The molecule has 0 spiro atoms. The van der Waals surface area contributed by atoms with E-state index in [-0.39, 0.29) is 6.61 Å². The largest absolute Gasteiger partial charge is 0.611 e. The molecular formula is C25H30BrFO3S2. The van der Waals surface area contributed by atoms with Crippen molar-refractivity contribution in [3.63, 3.8) is 0 Å². The van der Waals surface area contributed by atoms with Gasteiger partial charge in [-0.05, 0) is 69.3 Å². The van der Waals surface area contributed by atoms with Gasteiger partial charge in [-0.25, -0.2) is 4.39 Å². The Kier molecular flexibility index (Phi) is 11.7. The first-order valence-electron chi connectivity index (χ1n) is 10.6. The third kappa shape index (κ3) is 7.87. The van der Waals surface area contributed by atoms with Crippen molar-refractivity contribution in [2.24, 2.45) is 0 Å². The lowest BCUT2D eigenvalue weighted by Crippen LogP contribution is -2.01. The first kappa shape index (κ1) is 26.8. The highest BCUT2D eigenvalue weighted by Gasteiger charge is 2.14. The van der Waals surface area contributed by atoms with Crippen molar-refractivity contribution >= 4 is 55.9 Å². The molecule has 7 heteroatoms. The van der Waals surface area contributed by atoms with Gasteiger partial charge in [-0.3, -0.25) is 0 Å². The van der Waals surface area contributed by atoms with Crippen LogP contribution in [0.2, 0.25) is 0 Å². The Morgan fingerprint density at radius 2 is 1.94 bits per heavy atom. The Morgan fingerprint density at radius 1 is 1.22 bits per heavy atom. The molecule has 0 radical (unpaired) electrons. The van der Waals surface area contributed by atoms with Gasteiger partial charge in [0.05, 0.1) is 16.3 Å². The number of unbranched alkanes of at least 4 members (excludes halogenated alkanes) is 3. The molecule has 0 bridgehead atoms. The van der Waals surface area contributed by atoms with Gasteiger partial charge in [0.15, 0.2) is 4.24 Å². The van der Waals surface area contributed by atoms with Gasteiger partial charge in [-0.1, -0.05) is 57.4 Å². The molecule has 3 rings (SSSR count). The summed E-state index contributed by atoms with van der Waals surface area (Å²) in [6, 6.07) is 10.4. The second-order valence-electron chi connectivity index (χ2n) is 7.19. The number of thioether (sulfide) groups is 1. The van der Waals surface area contributed by atoms with Crippen molar-refractivity contribution in [1.82, 2.24) is 0 Å². The fourth-order valence-electron chi connectivity index (χ4n) is 3.00. The molecule has 0 saturated carbocycles. The van der Waals surface area contributed by atoms with Crippen LogP contribution in [0.5, 0.6) is 5.75 Å². The van der Waals surface area contributed by atoms with Crippen molar-refractivity contribution in [3.05, 3.63) is 68.3 Å². The number of hydrogen-bond donors (Lipinski definition) is 0. The fraction of sp³-hybridized carbons (Fsp3) is 0.360. The van der Waals surface area contributed by atoms with Gasteiger partial charge in [-0.2, -0.15) is 0 Å². The van der Waals surface area contributed by atoms with E-state index in [2.05, 4.69) is 29.8 Å². The molecule has 0 aliphatic rings. The predicted octanol–water partition coefficient (Wildman–Crippen LogP) is 8.54. The van der Waals surface area contributed by atoms with Gasteiger partial charge >= 0.3 is 0 Å². The van der Waals surface area contributed by atoms with Crippen molar-refractivity contribution in [3.8, 4) is 5.75 Å². The van der Waals surface area contributed by atoms with Crippen LogP contribution in [0.15, 0.2) is 55.8 Å². The lowest BCUT2D eigenvalue weighted by molar-refractivity contribution is 0.304. The summed E-state index contributed by atoms with van der Waals surface area (Å²) in [6.07, 6.45) is 12.1. The van der Waals surface area contributed by atoms with Gasteiger partial charge in [0.1, 0.15) is 30.0 Å². The summed E-state index contributed by atoms with van der Waals surface area (Å²) in [5, 5.41) is 0.961. The third-order valence-electron chi connectivity index (χ3n) is 4.68. The minimum absolute atomic E-state index is 0.272. The summed E-state index contributed by atoms with van der Waals surface area (Å²) >= 11 is 3.62. The number of fused-ring (bicyclic) bond motifs is 1. The Labute approximate surface area is 206 Å². The molecule has 0 amide bonds. The van der Waals surface area contributed by atoms with Crippen molar-refractivity contribution < 1.29 is 18.1 Å². The standard InChI is InChI=1S/C19H16BrFO3S2.C6H14/c1-25-18(26(2)22)10-14-16(21)4-3-5-17(14)24-11-12-8-13-6-7-23-19(13)15(20)9-12;1-3-5-6-4-2/h3-10H,11H2,1-2H3;3-6H2,1-2H3/b18-10+;. The van der Waals surface area contributed by atoms with E-state index in [4.69, 9.17) is 9.15 Å². The first-order chi connectivity index (χ1) is 15.4. The SMILES string of the molecule is CCCCCC.CS/C(=C\c1c(F)cccc1OCc1cc(Br)c2occc2c1)[S+](C)[O-]. The highest BCUT2D eigenvalue weighted by atomic mass is 79.9.